The van der Waals surface area contributed by atoms with E-state index in [2.05, 4.69) is 71.8 Å². The second-order valence-electron chi connectivity index (χ2n) is 4.42. The second-order valence-corrected chi connectivity index (χ2v) is 4.42. The zero-order valence-electron chi connectivity index (χ0n) is 10.6. The maximum Gasteiger partial charge on any atom is 0.178 e. The number of pyridine rings is 2. The fourth-order valence-electron chi connectivity index (χ4n) is 2.04. The van der Waals surface area contributed by atoms with Crippen LogP contribution in [0.4, 0.5) is 0 Å². The molecule has 0 atom stereocenters. The Morgan fingerprint density at radius 1 is 0.765 bits per heavy atom. The van der Waals surface area contributed by atoms with Crippen molar-refractivity contribution in [3.05, 3.63) is 60.2 Å². The van der Waals surface area contributed by atoms with E-state index in [1.165, 1.54) is 11.4 Å². The smallest absolute Gasteiger partial charge is 0.178 e. The molecule has 0 saturated carbocycles. The van der Waals surface area contributed by atoms with Gasteiger partial charge in [-0.25, -0.2) is 9.13 Å². The van der Waals surface area contributed by atoms with Crippen molar-refractivity contribution in [3.8, 4) is 0 Å². The Morgan fingerprint density at radius 2 is 1.24 bits per heavy atom. The molecule has 0 radical (unpaired) electrons. The van der Waals surface area contributed by atoms with Gasteiger partial charge in [-0.05, 0) is 0 Å². The molecule has 0 aliphatic heterocycles. The van der Waals surface area contributed by atoms with Gasteiger partial charge >= 0.3 is 0 Å². The first-order chi connectivity index (χ1) is 8.27. The monoisotopic (exact) mass is 228 g/mol. The van der Waals surface area contributed by atoms with Crippen LogP contribution in [0.25, 0.3) is 0 Å². The van der Waals surface area contributed by atoms with E-state index < -0.39 is 0 Å². The summed E-state index contributed by atoms with van der Waals surface area (Å²) in [5, 5.41) is 0. The molecule has 2 heterocycles. The van der Waals surface area contributed by atoms with Gasteiger partial charge in [0, 0.05) is 38.1 Å². The van der Waals surface area contributed by atoms with Crippen LogP contribution in [0.15, 0.2) is 48.8 Å². The molecule has 0 N–H and O–H groups in total. The summed E-state index contributed by atoms with van der Waals surface area (Å²) in [6, 6.07) is 12.7. The Bertz CT molecular complexity index is 446. The highest BCUT2D eigenvalue weighted by Gasteiger charge is 2.08. The fourth-order valence-corrected chi connectivity index (χ4v) is 2.04. The van der Waals surface area contributed by atoms with Crippen LogP contribution in [-0.4, -0.2) is 0 Å². The highest BCUT2D eigenvalue weighted by atomic mass is 15.0. The van der Waals surface area contributed by atoms with Crippen LogP contribution in [0, 0.1) is 13.8 Å². The molecule has 2 aromatic rings. The maximum absolute atomic E-state index is 2.30. The first-order valence-corrected chi connectivity index (χ1v) is 6.17. The molecule has 0 aliphatic rings. The number of hydrogen-bond donors (Lipinski definition) is 0. The highest BCUT2D eigenvalue weighted by Crippen LogP contribution is 1.92. The molecular formula is C15H20N2+2. The Hall–Kier alpha value is -1.70. The molecule has 2 aromatic heterocycles. The van der Waals surface area contributed by atoms with Gasteiger partial charge in [-0.3, -0.25) is 0 Å². The molecule has 0 aromatic carbocycles. The maximum atomic E-state index is 2.30. The summed E-state index contributed by atoms with van der Waals surface area (Å²) in [4.78, 5) is 0. The summed E-state index contributed by atoms with van der Waals surface area (Å²) in [7, 11) is 0. The summed E-state index contributed by atoms with van der Waals surface area (Å²) >= 11 is 0. The van der Waals surface area contributed by atoms with Crippen LogP contribution in [0.1, 0.15) is 17.8 Å². The molecule has 0 aliphatic carbocycles. The van der Waals surface area contributed by atoms with E-state index in [9.17, 15) is 0 Å². The van der Waals surface area contributed by atoms with E-state index in [4.69, 9.17) is 0 Å². The predicted molar refractivity (Wildman–Crippen MR) is 67.4 cm³/mol. The molecule has 2 heteroatoms. The van der Waals surface area contributed by atoms with Gasteiger partial charge in [-0.15, -0.1) is 0 Å². The van der Waals surface area contributed by atoms with Crippen molar-refractivity contribution in [1.29, 1.82) is 0 Å². The molecule has 0 unspecified atom stereocenters. The largest absolute Gasteiger partial charge is 0.202 e. The quantitative estimate of drug-likeness (QED) is 0.707. The summed E-state index contributed by atoms with van der Waals surface area (Å²) in [6.45, 7) is 6.46. The number of rotatable bonds is 4. The van der Waals surface area contributed by atoms with Crippen LogP contribution < -0.4 is 9.13 Å². The molecule has 2 rings (SSSR count). The lowest BCUT2D eigenvalue weighted by Gasteiger charge is -2.00. The Kier molecular flexibility index (Phi) is 3.86. The average Bonchev–Trinajstić information content (AvgIpc) is 2.34. The van der Waals surface area contributed by atoms with Gasteiger partial charge in [-0.1, -0.05) is 12.1 Å². The van der Waals surface area contributed by atoms with Crippen LogP contribution in [-0.2, 0) is 13.1 Å². The van der Waals surface area contributed by atoms with Gasteiger partial charge in [0.2, 0.25) is 0 Å². The van der Waals surface area contributed by atoms with Crippen molar-refractivity contribution < 1.29 is 9.13 Å². The van der Waals surface area contributed by atoms with Gasteiger partial charge < -0.3 is 0 Å². The first-order valence-electron chi connectivity index (χ1n) is 6.17. The van der Waals surface area contributed by atoms with E-state index in [0.717, 1.165) is 19.5 Å². The van der Waals surface area contributed by atoms with Gasteiger partial charge in [-0.2, -0.15) is 0 Å². The van der Waals surface area contributed by atoms with Gasteiger partial charge in [0.1, 0.15) is 0 Å². The molecule has 0 spiro atoms. The van der Waals surface area contributed by atoms with Crippen molar-refractivity contribution in [3.63, 3.8) is 0 Å². The van der Waals surface area contributed by atoms with Crippen LogP contribution >= 0.6 is 0 Å². The molecule has 0 fully saturated rings. The first kappa shape index (κ1) is 11.8. The fraction of sp³-hybridized carbons (Fsp3) is 0.333. The normalized spacial score (nSPS) is 10.5. The molecule has 17 heavy (non-hydrogen) atoms. The van der Waals surface area contributed by atoms with Crippen molar-refractivity contribution in [2.24, 2.45) is 0 Å². The average molecular weight is 228 g/mol. The van der Waals surface area contributed by atoms with E-state index in [1.807, 2.05) is 0 Å². The molecule has 0 bridgehead atoms. The second kappa shape index (κ2) is 5.58. The third-order valence-corrected chi connectivity index (χ3v) is 3.13. The van der Waals surface area contributed by atoms with Crippen molar-refractivity contribution >= 4 is 0 Å². The minimum Gasteiger partial charge on any atom is -0.202 e. The van der Waals surface area contributed by atoms with Crippen molar-refractivity contribution in [2.75, 3.05) is 0 Å². The Labute approximate surface area is 103 Å². The lowest BCUT2D eigenvalue weighted by atomic mass is 10.3. The van der Waals surface area contributed by atoms with Gasteiger partial charge in [0.05, 0.1) is 6.42 Å². The summed E-state index contributed by atoms with van der Waals surface area (Å²) in [6.07, 6.45) is 5.46. The van der Waals surface area contributed by atoms with Crippen molar-refractivity contribution in [2.45, 2.75) is 33.4 Å². The topological polar surface area (TPSA) is 7.76 Å². The van der Waals surface area contributed by atoms with E-state index in [1.54, 1.807) is 0 Å². The zero-order valence-corrected chi connectivity index (χ0v) is 10.6. The number of hydrogen-bond acceptors (Lipinski definition) is 0. The minimum absolute atomic E-state index is 1.08. The molecule has 0 saturated heterocycles. The van der Waals surface area contributed by atoms with E-state index >= 15 is 0 Å². The summed E-state index contributed by atoms with van der Waals surface area (Å²) < 4.78 is 4.61. The van der Waals surface area contributed by atoms with Crippen LogP contribution in [0.2, 0.25) is 0 Å². The lowest BCUT2D eigenvalue weighted by molar-refractivity contribution is -0.732. The summed E-state index contributed by atoms with van der Waals surface area (Å²) in [5.74, 6) is 0. The van der Waals surface area contributed by atoms with Crippen LogP contribution in [0.3, 0.4) is 0 Å². The number of nitrogens with zero attached hydrogens (tertiary/aromatic N) is 2. The van der Waals surface area contributed by atoms with E-state index in [-0.39, 0.29) is 0 Å². The molecule has 0 amide bonds. The molecule has 88 valence electrons. The van der Waals surface area contributed by atoms with Gasteiger partial charge in [0.15, 0.2) is 36.9 Å². The number of aryl methyl sites for hydroxylation is 4. The minimum atomic E-state index is 1.08. The van der Waals surface area contributed by atoms with Gasteiger partial charge in [0.25, 0.3) is 0 Å². The molecular weight excluding hydrogens is 208 g/mol. The third kappa shape index (κ3) is 3.13. The van der Waals surface area contributed by atoms with Crippen molar-refractivity contribution in [1.82, 2.24) is 0 Å². The zero-order chi connectivity index (χ0) is 12.1. The molecule has 2 nitrogen and oxygen atoms in total. The summed E-state index contributed by atoms with van der Waals surface area (Å²) in [5.41, 5.74) is 2.64. The predicted octanol–water partition coefficient (Wildman–Crippen LogP) is 1.97. The number of aromatic nitrogens is 2. The standard InChI is InChI=1S/C15H20N2/c1-14-8-3-5-10-16(14)12-7-13-17-11-6-4-9-15(17)2/h3-6,8-11H,7,12-13H2,1-2H3/q+2. The SMILES string of the molecule is Cc1cccc[n+]1CCC[n+]1ccccc1C. The lowest BCUT2D eigenvalue weighted by Crippen LogP contribution is -2.41. The third-order valence-electron chi connectivity index (χ3n) is 3.13. The Balaban J connectivity index is 1.93. The van der Waals surface area contributed by atoms with E-state index in [0.29, 0.717) is 0 Å². The van der Waals surface area contributed by atoms with Crippen LogP contribution in [0.5, 0.6) is 0 Å². The Morgan fingerprint density at radius 3 is 1.65 bits per heavy atom. The highest BCUT2D eigenvalue weighted by molar-refractivity contribution is 4.94.